The van der Waals surface area contributed by atoms with Crippen molar-refractivity contribution in [3.05, 3.63) is 21.9 Å². The first-order valence-electron chi connectivity index (χ1n) is 9.22. The number of piperazine rings is 1. The Hall–Kier alpha value is -1.41. The van der Waals surface area contributed by atoms with Crippen LogP contribution < -0.4 is 0 Å². The highest BCUT2D eigenvalue weighted by Gasteiger charge is 2.30. The smallest absolute Gasteiger partial charge is 0.264 e. The molecule has 2 fully saturated rings. The molecule has 3 rings (SSSR count). The second-order valence-corrected chi connectivity index (χ2v) is 10.8. The zero-order valence-electron chi connectivity index (χ0n) is 15.1. The summed E-state index contributed by atoms with van der Waals surface area (Å²) < 4.78 is 24.6. The number of sulfone groups is 1. The van der Waals surface area contributed by atoms with E-state index in [0.717, 1.165) is 35.4 Å². The molecule has 1 aliphatic heterocycles. The van der Waals surface area contributed by atoms with Crippen LogP contribution in [0.4, 0.5) is 0 Å². The van der Waals surface area contributed by atoms with E-state index in [4.69, 9.17) is 0 Å². The Balaban J connectivity index is 1.47. The summed E-state index contributed by atoms with van der Waals surface area (Å²) >= 11 is 1.48. The molecule has 0 radical (unpaired) electrons. The third kappa shape index (κ3) is 4.46. The highest BCUT2D eigenvalue weighted by Crippen LogP contribution is 2.25. The van der Waals surface area contributed by atoms with Gasteiger partial charge in [-0.1, -0.05) is 12.8 Å². The number of nitrogens with zero attached hydrogens (tertiary/aromatic N) is 2. The molecule has 144 valence electrons. The number of aryl methyl sites for hydroxylation is 1. The fourth-order valence-corrected chi connectivity index (χ4v) is 6.35. The van der Waals surface area contributed by atoms with Crippen molar-refractivity contribution in [3.8, 4) is 0 Å². The first-order chi connectivity index (χ1) is 12.4. The summed E-state index contributed by atoms with van der Waals surface area (Å²) in [6.07, 6.45) is 3.46. The Bertz CT molecular complexity index is 758. The van der Waals surface area contributed by atoms with Crippen LogP contribution in [0, 0.1) is 6.92 Å². The van der Waals surface area contributed by atoms with E-state index in [1.807, 2.05) is 19.1 Å². The zero-order valence-corrected chi connectivity index (χ0v) is 16.8. The number of rotatable bonds is 5. The first-order valence-corrected chi connectivity index (χ1v) is 11.7. The maximum Gasteiger partial charge on any atom is 0.264 e. The molecule has 2 amide bonds. The van der Waals surface area contributed by atoms with Crippen molar-refractivity contribution in [1.82, 2.24) is 9.80 Å². The second kappa shape index (κ2) is 8.08. The minimum absolute atomic E-state index is 0.0130. The molecule has 0 aromatic carbocycles. The summed E-state index contributed by atoms with van der Waals surface area (Å²) in [5.74, 6) is -0.158. The summed E-state index contributed by atoms with van der Waals surface area (Å²) in [5.41, 5.74) is 0. The molecule has 0 atom stereocenters. The molecule has 1 aliphatic carbocycles. The van der Waals surface area contributed by atoms with Gasteiger partial charge in [0.05, 0.1) is 15.9 Å². The molecule has 1 saturated heterocycles. The van der Waals surface area contributed by atoms with Gasteiger partial charge in [-0.25, -0.2) is 8.42 Å². The standard InChI is InChI=1S/C18H26N2O4S2/c1-14-6-7-16(25-14)18(22)20-11-9-19(10-12-20)17(21)8-13-26(23,24)15-4-2-3-5-15/h6-7,15H,2-5,8-13H2,1H3. The number of carbonyl (C=O) groups is 2. The molecule has 0 N–H and O–H groups in total. The number of hydrogen-bond acceptors (Lipinski definition) is 5. The molecular formula is C18H26N2O4S2. The van der Waals surface area contributed by atoms with Crippen LogP contribution in [0.25, 0.3) is 0 Å². The van der Waals surface area contributed by atoms with E-state index >= 15 is 0 Å². The summed E-state index contributed by atoms with van der Waals surface area (Å²) in [4.78, 5) is 30.1. The van der Waals surface area contributed by atoms with Gasteiger partial charge in [0, 0.05) is 37.5 Å². The quantitative estimate of drug-likeness (QED) is 0.761. The van der Waals surface area contributed by atoms with Crippen LogP contribution in [0.15, 0.2) is 12.1 Å². The minimum atomic E-state index is -3.16. The van der Waals surface area contributed by atoms with Crippen LogP contribution in [0.3, 0.4) is 0 Å². The lowest BCUT2D eigenvalue weighted by molar-refractivity contribution is -0.132. The van der Waals surface area contributed by atoms with Crippen LogP contribution in [-0.4, -0.2) is 67.2 Å². The van der Waals surface area contributed by atoms with Crippen LogP contribution >= 0.6 is 11.3 Å². The third-order valence-corrected chi connectivity index (χ3v) is 8.53. The van der Waals surface area contributed by atoms with Crippen LogP contribution in [0.2, 0.25) is 0 Å². The highest BCUT2D eigenvalue weighted by atomic mass is 32.2. The van der Waals surface area contributed by atoms with Crippen LogP contribution in [-0.2, 0) is 14.6 Å². The Labute approximate surface area is 159 Å². The second-order valence-electron chi connectivity index (χ2n) is 7.11. The Kier molecular flexibility index (Phi) is 6.02. The largest absolute Gasteiger partial charge is 0.339 e. The first kappa shape index (κ1) is 19.4. The van der Waals surface area contributed by atoms with Gasteiger partial charge in [-0.2, -0.15) is 0 Å². The van der Waals surface area contributed by atoms with Crippen molar-refractivity contribution in [2.24, 2.45) is 0 Å². The molecule has 1 aromatic heterocycles. The van der Waals surface area contributed by atoms with Gasteiger partial charge in [0.2, 0.25) is 5.91 Å². The van der Waals surface area contributed by atoms with Crippen molar-refractivity contribution in [2.75, 3.05) is 31.9 Å². The van der Waals surface area contributed by atoms with Gasteiger partial charge in [-0.15, -0.1) is 11.3 Å². The fraction of sp³-hybridized carbons (Fsp3) is 0.667. The van der Waals surface area contributed by atoms with Crippen molar-refractivity contribution in [1.29, 1.82) is 0 Å². The van der Waals surface area contributed by atoms with E-state index in [0.29, 0.717) is 26.2 Å². The van der Waals surface area contributed by atoms with Gasteiger partial charge in [0.15, 0.2) is 9.84 Å². The van der Waals surface area contributed by atoms with Gasteiger partial charge in [0.1, 0.15) is 0 Å². The molecule has 1 saturated carbocycles. The van der Waals surface area contributed by atoms with Gasteiger partial charge in [-0.05, 0) is 31.9 Å². The average Bonchev–Trinajstić information content (AvgIpc) is 3.31. The van der Waals surface area contributed by atoms with Gasteiger partial charge < -0.3 is 9.80 Å². The molecule has 8 heteroatoms. The van der Waals surface area contributed by atoms with Crippen molar-refractivity contribution < 1.29 is 18.0 Å². The maximum absolute atomic E-state index is 12.4. The van der Waals surface area contributed by atoms with E-state index < -0.39 is 9.84 Å². The average molecular weight is 399 g/mol. The molecular weight excluding hydrogens is 372 g/mol. The minimum Gasteiger partial charge on any atom is -0.339 e. The van der Waals surface area contributed by atoms with Crippen molar-refractivity contribution >= 4 is 33.0 Å². The number of thiophene rings is 1. The predicted octanol–water partition coefficient (Wildman–Crippen LogP) is 2.09. The normalized spacial score (nSPS) is 19.1. The lowest BCUT2D eigenvalue weighted by Crippen LogP contribution is -2.50. The number of hydrogen-bond donors (Lipinski definition) is 0. The molecule has 6 nitrogen and oxygen atoms in total. The molecule has 26 heavy (non-hydrogen) atoms. The van der Waals surface area contributed by atoms with E-state index in [9.17, 15) is 18.0 Å². The molecule has 0 spiro atoms. The van der Waals surface area contributed by atoms with E-state index in [-0.39, 0.29) is 29.2 Å². The van der Waals surface area contributed by atoms with Crippen LogP contribution in [0.5, 0.6) is 0 Å². The highest BCUT2D eigenvalue weighted by molar-refractivity contribution is 7.92. The Morgan fingerprint density at radius 1 is 1.08 bits per heavy atom. The monoisotopic (exact) mass is 398 g/mol. The summed E-state index contributed by atoms with van der Waals surface area (Å²) in [5, 5.41) is -0.251. The van der Waals surface area contributed by atoms with E-state index in [2.05, 4.69) is 0 Å². The molecule has 2 aliphatic rings. The van der Waals surface area contributed by atoms with Crippen LogP contribution in [0.1, 0.15) is 46.7 Å². The lowest BCUT2D eigenvalue weighted by Gasteiger charge is -2.34. The van der Waals surface area contributed by atoms with Gasteiger partial charge >= 0.3 is 0 Å². The Morgan fingerprint density at radius 2 is 1.69 bits per heavy atom. The fourth-order valence-electron chi connectivity index (χ4n) is 3.67. The van der Waals surface area contributed by atoms with Crippen molar-refractivity contribution in [2.45, 2.75) is 44.3 Å². The number of amides is 2. The van der Waals surface area contributed by atoms with E-state index in [1.165, 1.54) is 11.3 Å². The predicted molar refractivity (Wildman–Crippen MR) is 102 cm³/mol. The topological polar surface area (TPSA) is 74.8 Å². The van der Waals surface area contributed by atoms with Crippen molar-refractivity contribution in [3.63, 3.8) is 0 Å². The maximum atomic E-state index is 12.4. The van der Waals surface area contributed by atoms with Gasteiger partial charge in [0.25, 0.3) is 5.91 Å². The third-order valence-electron chi connectivity index (χ3n) is 5.28. The molecule has 1 aromatic rings. The molecule has 2 heterocycles. The van der Waals surface area contributed by atoms with Gasteiger partial charge in [-0.3, -0.25) is 9.59 Å². The summed E-state index contributed by atoms with van der Waals surface area (Å²) in [6.45, 7) is 3.91. The molecule has 0 bridgehead atoms. The van der Waals surface area contributed by atoms with E-state index in [1.54, 1.807) is 9.80 Å². The SMILES string of the molecule is Cc1ccc(C(=O)N2CCN(C(=O)CCS(=O)(=O)C3CCCC3)CC2)s1. The summed E-state index contributed by atoms with van der Waals surface area (Å²) in [7, 11) is -3.16. The Morgan fingerprint density at radius 3 is 2.27 bits per heavy atom. The zero-order chi connectivity index (χ0) is 18.7. The lowest BCUT2D eigenvalue weighted by atomic mass is 10.2. The molecule has 0 unspecified atom stereocenters. The summed E-state index contributed by atoms with van der Waals surface area (Å²) in [6, 6.07) is 3.77. The number of carbonyl (C=O) groups excluding carboxylic acids is 2.